The standard InChI is InChI=1S/C9H10FNO2/c1-11(9(12)13)6-7-2-4-8(10)5-3-7/h2-5H,6H2,1H3,(H,12,13). The van der Waals surface area contributed by atoms with Gasteiger partial charge in [-0.05, 0) is 17.7 Å². The minimum atomic E-state index is -0.996. The largest absolute Gasteiger partial charge is 0.465 e. The smallest absolute Gasteiger partial charge is 0.407 e. The summed E-state index contributed by atoms with van der Waals surface area (Å²) in [6.45, 7) is 0.273. The van der Waals surface area contributed by atoms with Crippen LogP contribution in [-0.4, -0.2) is 23.1 Å². The van der Waals surface area contributed by atoms with Crippen molar-refractivity contribution in [3.63, 3.8) is 0 Å². The predicted octanol–water partition coefficient (Wildman–Crippen LogP) is 1.94. The Morgan fingerprint density at radius 3 is 2.46 bits per heavy atom. The maximum Gasteiger partial charge on any atom is 0.407 e. The molecule has 70 valence electrons. The molecule has 0 saturated heterocycles. The second-order valence-corrected chi connectivity index (χ2v) is 2.77. The molecule has 0 heterocycles. The van der Waals surface area contributed by atoms with Crippen LogP contribution in [0.2, 0.25) is 0 Å². The molecular weight excluding hydrogens is 173 g/mol. The summed E-state index contributed by atoms with van der Waals surface area (Å²) in [5, 5.41) is 8.55. The summed E-state index contributed by atoms with van der Waals surface area (Å²) in [7, 11) is 1.46. The van der Waals surface area contributed by atoms with Crippen LogP contribution in [0.3, 0.4) is 0 Å². The second-order valence-electron chi connectivity index (χ2n) is 2.77. The monoisotopic (exact) mass is 183 g/mol. The fraction of sp³-hybridized carbons (Fsp3) is 0.222. The zero-order valence-corrected chi connectivity index (χ0v) is 7.20. The summed E-state index contributed by atoms with van der Waals surface area (Å²) in [4.78, 5) is 11.6. The maximum atomic E-state index is 12.5. The normalized spacial score (nSPS) is 9.69. The van der Waals surface area contributed by atoms with Crippen LogP contribution in [0, 0.1) is 5.82 Å². The lowest BCUT2D eigenvalue weighted by molar-refractivity contribution is 0.154. The van der Waals surface area contributed by atoms with E-state index in [9.17, 15) is 9.18 Å². The summed E-state index contributed by atoms with van der Waals surface area (Å²) in [6, 6.07) is 5.75. The lowest BCUT2D eigenvalue weighted by Crippen LogP contribution is -2.23. The van der Waals surface area contributed by atoms with Crippen LogP contribution in [-0.2, 0) is 6.54 Å². The number of rotatable bonds is 2. The highest BCUT2D eigenvalue weighted by molar-refractivity contribution is 5.64. The first-order valence-corrected chi connectivity index (χ1v) is 3.78. The van der Waals surface area contributed by atoms with Crippen LogP contribution in [0.5, 0.6) is 0 Å². The Labute approximate surface area is 75.4 Å². The summed E-state index contributed by atoms with van der Waals surface area (Å²) < 4.78 is 12.5. The predicted molar refractivity (Wildman–Crippen MR) is 45.9 cm³/mol. The van der Waals surface area contributed by atoms with E-state index in [-0.39, 0.29) is 12.4 Å². The SMILES string of the molecule is CN(Cc1ccc(F)cc1)C(=O)O. The topological polar surface area (TPSA) is 40.5 Å². The molecule has 1 aromatic carbocycles. The highest BCUT2D eigenvalue weighted by Gasteiger charge is 2.05. The van der Waals surface area contributed by atoms with Gasteiger partial charge in [-0.2, -0.15) is 0 Å². The first-order valence-electron chi connectivity index (χ1n) is 3.78. The van der Waals surface area contributed by atoms with E-state index in [1.807, 2.05) is 0 Å². The zero-order valence-electron chi connectivity index (χ0n) is 7.20. The molecule has 0 aliphatic rings. The molecule has 4 heteroatoms. The van der Waals surface area contributed by atoms with Crippen LogP contribution >= 0.6 is 0 Å². The van der Waals surface area contributed by atoms with Gasteiger partial charge >= 0.3 is 6.09 Å². The number of hydrogen-bond acceptors (Lipinski definition) is 1. The van der Waals surface area contributed by atoms with Gasteiger partial charge in [0.2, 0.25) is 0 Å². The molecule has 0 aliphatic carbocycles. The number of nitrogens with zero attached hydrogens (tertiary/aromatic N) is 1. The number of amides is 1. The molecule has 1 rings (SSSR count). The van der Waals surface area contributed by atoms with Crippen molar-refractivity contribution in [1.29, 1.82) is 0 Å². The van der Waals surface area contributed by atoms with Gasteiger partial charge in [0.05, 0.1) is 0 Å². The Balaban J connectivity index is 2.64. The number of halogens is 1. The molecule has 1 amide bonds. The van der Waals surface area contributed by atoms with Crippen molar-refractivity contribution in [2.45, 2.75) is 6.54 Å². The van der Waals surface area contributed by atoms with Gasteiger partial charge < -0.3 is 10.0 Å². The summed E-state index contributed by atoms with van der Waals surface area (Å²) in [5.74, 6) is -0.318. The van der Waals surface area contributed by atoms with Crippen molar-refractivity contribution in [3.8, 4) is 0 Å². The first-order chi connectivity index (χ1) is 6.09. The van der Waals surface area contributed by atoms with Crippen LogP contribution < -0.4 is 0 Å². The average Bonchev–Trinajstić information content (AvgIpc) is 2.08. The number of hydrogen-bond donors (Lipinski definition) is 1. The molecule has 1 N–H and O–H groups in total. The molecule has 0 unspecified atom stereocenters. The Hall–Kier alpha value is -1.58. The van der Waals surface area contributed by atoms with E-state index in [1.54, 1.807) is 12.1 Å². The maximum absolute atomic E-state index is 12.5. The fourth-order valence-electron chi connectivity index (χ4n) is 0.931. The molecule has 0 radical (unpaired) electrons. The van der Waals surface area contributed by atoms with Crippen LogP contribution in [0.1, 0.15) is 5.56 Å². The number of carboxylic acid groups (broad SMARTS) is 1. The Morgan fingerprint density at radius 2 is 2.00 bits per heavy atom. The van der Waals surface area contributed by atoms with E-state index in [0.717, 1.165) is 10.5 Å². The van der Waals surface area contributed by atoms with Gasteiger partial charge in [0, 0.05) is 13.6 Å². The van der Waals surface area contributed by atoms with E-state index in [2.05, 4.69) is 0 Å². The molecule has 0 spiro atoms. The van der Waals surface area contributed by atoms with Gasteiger partial charge in [0.1, 0.15) is 5.82 Å². The van der Waals surface area contributed by atoms with Gasteiger partial charge in [0.25, 0.3) is 0 Å². The summed E-state index contributed by atoms with van der Waals surface area (Å²) >= 11 is 0. The zero-order chi connectivity index (χ0) is 9.84. The van der Waals surface area contributed by atoms with Gasteiger partial charge in [-0.25, -0.2) is 9.18 Å². The van der Waals surface area contributed by atoms with Gasteiger partial charge in [0.15, 0.2) is 0 Å². The highest BCUT2D eigenvalue weighted by Crippen LogP contribution is 2.05. The first kappa shape index (κ1) is 9.51. The van der Waals surface area contributed by atoms with E-state index in [0.29, 0.717) is 0 Å². The lowest BCUT2D eigenvalue weighted by Gasteiger charge is -2.12. The Morgan fingerprint density at radius 1 is 1.46 bits per heavy atom. The van der Waals surface area contributed by atoms with E-state index in [1.165, 1.54) is 19.2 Å². The molecule has 0 saturated carbocycles. The quantitative estimate of drug-likeness (QED) is 0.761. The van der Waals surface area contributed by atoms with Crippen LogP contribution in [0.25, 0.3) is 0 Å². The molecule has 0 atom stereocenters. The van der Waals surface area contributed by atoms with Gasteiger partial charge in [-0.3, -0.25) is 0 Å². The molecule has 13 heavy (non-hydrogen) atoms. The van der Waals surface area contributed by atoms with Crippen molar-refractivity contribution < 1.29 is 14.3 Å². The van der Waals surface area contributed by atoms with Crippen LogP contribution in [0.4, 0.5) is 9.18 Å². The molecule has 3 nitrogen and oxygen atoms in total. The summed E-state index contributed by atoms with van der Waals surface area (Å²) in [6.07, 6.45) is -0.996. The van der Waals surface area contributed by atoms with Crippen LogP contribution in [0.15, 0.2) is 24.3 Å². The third-order valence-electron chi connectivity index (χ3n) is 1.66. The highest BCUT2D eigenvalue weighted by atomic mass is 19.1. The fourth-order valence-corrected chi connectivity index (χ4v) is 0.931. The van der Waals surface area contributed by atoms with Crippen molar-refractivity contribution >= 4 is 6.09 Å². The minimum absolute atomic E-state index is 0.273. The third-order valence-corrected chi connectivity index (χ3v) is 1.66. The molecular formula is C9H10FNO2. The summed E-state index contributed by atoms with van der Waals surface area (Å²) in [5.41, 5.74) is 0.770. The Kier molecular flexibility index (Phi) is 2.84. The minimum Gasteiger partial charge on any atom is -0.465 e. The van der Waals surface area contributed by atoms with Crippen molar-refractivity contribution in [2.75, 3.05) is 7.05 Å². The molecule has 1 aromatic rings. The lowest BCUT2D eigenvalue weighted by atomic mass is 10.2. The molecule has 0 fully saturated rings. The van der Waals surface area contributed by atoms with E-state index < -0.39 is 6.09 Å². The van der Waals surface area contributed by atoms with Crippen molar-refractivity contribution in [1.82, 2.24) is 4.90 Å². The number of carbonyl (C=O) groups is 1. The van der Waals surface area contributed by atoms with Crippen molar-refractivity contribution in [3.05, 3.63) is 35.6 Å². The molecule has 0 aromatic heterocycles. The van der Waals surface area contributed by atoms with Gasteiger partial charge in [-0.15, -0.1) is 0 Å². The second kappa shape index (κ2) is 3.89. The third kappa shape index (κ3) is 2.74. The molecule has 0 bridgehead atoms. The molecule has 0 aliphatic heterocycles. The van der Waals surface area contributed by atoms with E-state index >= 15 is 0 Å². The van der Waals surface area contributed by atoms with E-state index in [4.69, 9.17) is 5.11 Å². The van der Waals surface area contributed by atoms with Crippen molar-refractivity contribution in [2.24, 2.45) is 0 Å². The van der Waals surface area contributed by atoms with Gasteiger partial charge in [-0.1, -0.05) is 12.1 Å². The average molecular weight is 183 g/mol. The Bertz CT molecular complexity index is 297. The number of benzene rings is 1.